The van der Waals surface area contributed by atoms with Crippen LogP contribution in [0.1, 0.15) is 42.9 Å². The Labute approximate surface area is 203 Å². The second-order valence-electron chi connectivity index (χ2n) is 9.27. The molecule has 5 rings (SSSR count). The van der Waals surface area contributed by atoms with Gasteiger partial charge in [0.05, 0.1) is 28.5 Å². The lowest BCUT2D eigenvalue weighted by atomic mass is 9.81. The molecule has 35 heavy (non-hydrogen) atoms. The van der Waals surface area contributed by atoms with Gasteiger partial charge in [-0.15, -0.1) is 0 Å². The molecule has 7 heteroatoms. The van der Waals surface area contributed by atoms with Gasteiger partial charge in [0.15, 0.2) is 0 Å². The van der Waals surface area contributed by atoms with Gasteiger partial charge in [0.1, 0.15) is 5.69 Å². The third-order valence-corrected chi connectivity index (χ3v) is 7.09. The molecular weight excluding hydrogens is 442 g/mol. The fraction of sp³-hybridized carbons (Fsp3) is 0.286. The van der Waals surface area contributed by atoms with Crippen molar-refractivity contribution in [1.29, 1.82) is 0 Å². The van der Waals surface area contributed by atoms with Gasteiger partial charge < -0.3 is 5.32 Å². The van der Waals surface area contributed by atoms with Crippen LogP contribution in [0, 0.1) is 22.0 Å². The van der Waals surface area contributed by atoms with E-state index in [0.29, 0.717) is 24.9 Å². The molecule has 3 aromatic carbocycles. The van der Waals surface area contributed by atoms with Crippen molar-refractivity contribution in [2.45, 2.75) is 38.1 Å². The summed E-state index contributed by atoms with van der Waals surface area (Å²) in [6.07, 6.45) is 3.90. The Morgan fingerprint density at radius 1 is 0.886 bits per heavy atom. The van der Waals surface area contributed by atoms with Crippen molar-refractivity contribution in [2.24, 2.45) is 11.8 Å². The summed E-state index contributed by atoms with van der Waals surface area (Å²) in [7, 11) is 0. The van der Waals surface area contributed by atoms with Gasteiger partial charge in [0.25, 0.3) is 5.69 Å². The van der Waals surface area contributed by atoms with E-state index in [1.54, 1.807) is 12.1 Å². The average Bonchev–Trinajstić information content (AvgIpc) is 3.15. The highest BCUT2D eigenvalue weighted by Gasteiger charge is 2.49. The van der Waals surface area contributed by atoms with E-state index in [-0.39, 0.29) is 41.1 Å². The molecule has 3 atom stereocenters. The van der Waals surface area contributed by atoms with Gasteiger partial charge in [-0.2, -0.15) is 0 Å². The molecule has 2 amide bonds. The number of imide groups is 1. The van der Waals surface area contributed by atoms with Gasteiger partial charge in [-0.1, -0.05) is 73.5 Å². The van der Waals surface area contributed by atoms with Crippen molar-refractivity contribution in [3.05, 3.63) is 100 Å². The summed E-state index contributed by atoms with van der Waals surface area (Å²) in [6.45, 7) is 0. The van der Waals surface area contributed by atoms with Gasteiger partial charge >= 0.3 is 0 Å². The number of nitro groups is 1. The highest BCUT2D eigenvalue weighted by molar-refractivity contribution is 6.22. The Balaban J connectivity index is 1.47. The van der Waals surface area contributed by atoms with E-state index in [0.717, 1.165) is 28.9 Å². The Kier molecular flexibility index (Phi) is 6.31. The molecule has 0 bridgehead atoms. The van der Waals surface area contributed by atoms with Crippen LogP contribution in [0.3, 0.4) is 0 Å². The van der Waals surface area contributed by atoms with Crippen LogP contribution in [0.4, 0.5) is 17.1 Å². The molecule has 178 valence electrons. The summed E-state index contributed by atoms with van der Waals surface area (Å²) in [6, 6.07) is 24.1. The van der Waals surface area contributed by atoms with Crippen molar-refractivity contribution in [2.75, 3.05) is 10.2 Å². The van der Waals surface area contributed by atoms with Gasteiger partial charge in [-0.3, -0.25) is 19.7 Å². The molecule has 0 spiro atoms. The van der Waals surface area contributed by atoms with Gasteiger partial charge in [-0.05, 0) is 42.5 Å². The lowest BCUT2D eigenvalue weighted by Gasteiger charge is -2.22. The Morgan fingerprint density at radius 3 is 2.09 bits per heavy atom. The Morgan fingerprint density at radius 2 is 1.49 bits per heavy atom. The minimum absolute atomic E-state index is 0.160. The highest BCUT2D eigenvalue weighted by atomic mass is 16.6. The number of nitro benzene ring substituents is 1. The quantitative estimate of drug-likeness (QED) is 0.273. The van der Waals surface area contributed by atoms with E-state index < -0.39 is 4.92 Å². The molecule has 2 fully saturated rings. The van der Waals surface area contributed by atoms with Crippen molar-refractivity contribution in [1.82, 2.24) is 0 Å². The molecule has 1 aliphatic heterocycles. The van der Waals surface area contributed by atoms with Crippen molar-refractivity contribution < 1.29 is 14.5 Å². The molecule has 1 aliphatic carbocycles. The second kappa shape index (κ2) is 9.70. The zero-order valence-electron chi connectivity index (χ0n) is 19.3. The predicted molar refractivity (Wildman–Crippen MR) is 134 cm³/mol. The van der Waals surface area contributed by atoms with Gasteiger partial charge in [0, 0.05) is 6.07 Å². The first-order chi connectivity index (χ1) is 17.0. The van der Waals surface area contributed by atoms with Crippen LogP contribution >= 0.6 is 0 Å². The predicted octanol–water partition coefficient (Wildman–Crippen LogP) is 5.67. The molecule has 1 heterocycles. The monoisotopic (exact) mass is 469 g/mol. The number of rotatable bonds is 7. The maximum Gasteiger partial charge on any atom is 0.294 e. The molecule has 1 saturated heterocycles. The Hall–Kier alpha value is -4.00. The number of benzene rings is 3. The van der Waals surface area contributed by atoms with E-state index in [4.69, 9.17) is 0 Å². The molecule has 1 saturated carbocycles. The molecule has 1 N–H and O–H groups in total. The van der Waals surface area contributed by atoms with E-state index in [9.17, 15) is 19.7 Å². The van der Waals surface area contributed by atoms with Crippen molar-refractivity contribution in [3.63, 3.8) is 0 Å². The largest absolute Gasteiger partial charge is 0.372 e. The third kappa shape index (κ3) is 4.54. The normalized spacial score (nSPS) is 20.4. The summed E-state index contributed by atoms with van der Waals surface area (Å²) in [5.74, 6) is -1.08. The summed E-state index contributed by atoms with van der Waals surface area (Å²) in [5.41, 5.74) is 2.56. The second-order valence-corrected chi connectivity index (χ2v) is 9.27. The Bertz CT molecular complexity index is 1220. The molecular formula is C28H27N3O4. The molecule has 0 aromatic heterocycles. The maximum atomic E-state index is 13.0. The summed E-state index contributed by atoms with van der Waals surface area (Å²) >= 11 is 0. The third-order valence-electron chi connectivity index (χ3n) is 7.09. The highest BCUT2D eigenvalue weighted by Crippen LogP contribution is 2.42. The summed E-state index contributed by atoms with van der Waals surface area (Å²) in [4.78, 5) is 38.8. The minimum Gasteiger partial charge on any atom is -0.372 e. The van der Waals surface area contributed by atoms with Gasteiger partial charge in [-0.25, -0.2) is 4.90 Å². The number of nitrogens with one attached hydrogen (secondary N) is 1. The first-order valence-electron chi connectivity index (χ1n) is 12.0. The van der Waals surface area contributed by atoms with Crippen LogP contribution in [0.5, 0.6) is 0 Å². The number of nitrogens with zero attached hydrogens (tertiary/aromatic N) is 2. The fourth-order valence-electron chi connectivity index (χ4n) is 5.32. The van der Waals surface area contributed by atoms with E-state index >= 15 is 0 Å². The molecule has 3 aromatic rings. The van der Waals surface area contributed by atoms with Crippen LogP contribution in [-0.2, 0) is 16.0 Å². The average molecular weight is 470 g/mol. The molecule has 7 nitrogen and oxygen atoms in total. The van der Waals surface area contributed by atoms with Crippen LogP contribution < -0.4 is 10.2 Å². The van der Waals surface area contributed by atoms with Gasteiger partial charge in [0.2, 0.25) is 11.8 Å². The molecule has 3 unspecified atom stereocenters. The fourth-order valence-corrected chi connectivity index (χ4v) is 5.32. The SMILES string of the molecule is O=C1C2CCCCC2C(=O)N1c1ccc(NC(Cc2ccccc2)c2ccccc2)c([N+](=O)[O-])c1. The van der Waals surface area contributed by atoms with Crippen LogP contribution in [-0.4, -0.2) is 16.7 Å². The lowest BCUT2D eigenvalue weighted by Crippen LogP contribution is -2.30. The van der Waals surface area contributed by atoms with Crippen LogP contribution in [0.25, 0.3) is 0 Å². The zero-order valence-corrected chi connectivity index (χ0v) is 19.3. The van der Waals surface area contributed by atoms with Crippen molar-refractivity contribution in [3.8, 4) is 0 Å². The first-order valence-corrected chi connectivity index (χ1v) is 12.0. The number of amides is 2. The van der Waals surface area contributed by atoms with Crippen LogP contribution in [0.2, 0.25) is 0 Å². The molecule has 0 radical (unpaired) electrons. The minimum atomic E-state index is -0.464. The number of hydrogen-bond acceptors (Lipinski definition) is 5. The van der Waals surface area contributed by atoms with E-state index in [1.807, 2.05) is 60.7 Å². The topological polar surface area (TPSA) is 92.6 Å². The number of fused-ring (bicyclic) bond motifs is 1. The number of carbonyl (C=O) groups excluding carboxylic acids is 2. The number of carbonyl (C=O) groups is 2. The van der Waals surface area contributed by atoms with Crippen molar-refractivity contribution >= 4 is 28.9 Å². The molecule has 2 aliphatic rings. The van der Waals surface area contributed by atoms with E-state index in [2.05, 4.69) is 5.32 Å². The number of hydrogen-bond donors (Lipinski definition) is 1. The van der Waals surface area contributed by atoms with E-state index in [1.165, 1.54) is 6.07 Å². The summed E-state index contributed by atoms with van der Waals surface area (Å²) < 4.78 is 0. The maximum absolute atomic E-state index is 13.0. The lowest BCUT2D eigenvalue weighted by molar-refractivity contribution is -0.383. The zero-order chi connectivity index (χ0) is 24.4. The number of anilines is 2. The smallest absolute Gasteiger partial charge is 0.294 e. The van der Waals surface area contributed by atoms with Crippen LogP contribution in [0.15, 0.2) is 78.9 Å². The first kappa shape index (κ1) is 22.8. The summed E-state index contributed by atoms with van der Waals surface area (Å²) in [5, 5.41) is 15.4. The standard InChI is InChI=1S/C28H27N3O4/c32-27-22-13-7-8-14-23(22)28(33)30(27)21-15-16-24(26(18-21)31(34)35)29-25(20-11-5-2-6-12-20)17-19-9-3-1-4-10-19/h1-6,9-12,15-16,18,22-23,25,29H,7-8,13-14,17H2.